The molecule has 0 aliphatic heterocycles. The van der Waals surface area contributed by atoms with Crippen molar-refractivity contribution in [3.8, 4) is 5.75 Å². The molecule has 0 amide bonds. The number of carbonyl (C=O) groups is 1. The largest absolute Gasteiger partial charge is 0.507 e. The first-order chi connectivity index (χ1) is 6.57. The number of ether oxygens (including phenoxy) is 1. The molecule has 1 rings (SSSR count). The van der Waals surface area contributed by atoms with Gasteiger partial charge in [0.2, 0.25) is 0 Å². The number of aliphatic carboxylic acids is 1. The van der Waals surface area contributed by atoms with Crippen LogP contribution in [0.2, 0.25) is 0 Å². The van der Waals surface area contributed by atoms with Crippen LogP contribution in [0.5, 0.6) is 5.75 Å². The lowest BCUT2D eigenvalue weighted by Crippen LogP contribution is -2.15. The van der Waals surface area contributed by atoms with Crippen LogP contribution in [0.15, 0.2) is 18.2 Å². The summed E-state index contributed by atoms with van der Waals surface area (Å²) in [5.74, 6) is -2.59. The number of halogens is 1. The number of carboxylic acids is 1. The predicted molar refractivity (Wildman–Crippen MR) is 45.5 cm³/mol. The molecule has 14 heavy (non-hydrogen) atoms. The Hall–Kier alpha value is -1.62. The minimum absolute atomic E-state index is 0.359. The highest BCUT2D eigenvalue weighted by atomic mass is 19.1. The first-order valence-electron chi connectivity index (χ1n) is 3.81. The van der Waals surface area contributed by atoms with Crippen molar-refractivity contribution in [3.05, 3.63) is 29.6 Å². The van der Waals surface area contributed by atoms with Gasteiger partial charge in [0.15, 0.2) is 6.10 Å². The van der Waals surface area contributed by atoms with Crippen molar-refractivity contribution in [2.45, 2.75) is 6.10 Å². The first-order valence-corrected chi connectivity index (χ1v) is 3.81. The number of phenolic OH excluding ortho intramolecular Hbond substituents is 1. The molecule has 1 aromatic rings. The van der Waals surface area contributed by atoms with Crippen LogP contribution in [0.25, 0.3) is 0 Å². The summed E-state index contributed by atoms with van der Waals surface area (Å²) in [4.78, 5) is 10.6. The number of hydrogen-bond donors (Lipinski definition) is 2. The Balaban J connectivity index is 3.22. The summed E-state index contributed by atoms with van der Waals surface area (Å²) >= 11 is 0. The van der Waals surface area contributed by atoms with Crippen molar-refractivity contribution in [2.75, 3.05) is 7.11 Å². The summed E-state index contributed by atoms with van der Waals surface area (Å²) in [5.41, 5.74) is -0.359. The van der Waals surface area contributed by atoms with Gasteiger partial charge < -0.3 is 14.9 Å². The fraction of sp³-hybridized carbons (Fsp3) is 0.222. The molecule has 0 spiro atoms. The normalized spacial score (nSPS) is 12.4. The number of rotatable bonds is 3. The van der Waals surface area contributed by atoms with Crippen molar-refractivity contribution in [3.63, 3.8) is 0 Å². The van der Waals surface area contributed by atoms with Gasteiger partial charge >= 0.3 is 5.97 Å². The van der Waals surface area contributed by atoms with Crippen LogP contribution in [0.3, 0.4) is 0 Å². The van der Waals surface area contributed by atoms with Gasteiger partial charge in [-0.05, 0) is 12.1 Å². The lowest BCUT2D eigenvalue weighted by atomic mass is 10.1. The Kier molecular flexibility index (Phi) is 3.03. The lowest BCUT2D eigenvalue weighted by molar-refractivity contribution is -0.149. The van der Waals surface area contributed by atoms with E-state index in [0.29, 0.717) is 0 Å². The van der Waals surface area contributed by atoms with E-state index in [2.05, 4.69) is 4.74 Å². The van der Waals surface area contributed by atoms with E-state index < -0.39 is 23.6 Å². The molecule has 76 valence electrons. The molecule has 0 saturated heterocycles. The van der Waals surface area contributed by atoms with E-state index >= 15 is 0 Å². The van der Waals surface area contributed by atoms with E-state index in [0.717, 1.165) is 13.2 Å². The average Bonchev–Trinajstić information content (AvgIpc) is 2.10. The summed E-state index contributed by atoms with van der Waals surface area (Å²) in [6, 6.07) is 3.54. The fourth-order valence-electron chi connectivity index (χ4n) is 1.13. The fourth-order valence-corrected chi connectivity index (χ4v) is 1.13. The maximum absolute atomic E-state index is 13.1. The van der Waals surface area contributed by atoms with Crippen molar-refractivity contribution in [2.24, 2.45) is 0 Å². The molecule has 0 bridgehead atoms. The lowest BCUT2D eigenvalue weighted by Gasteiger charge is -2.12. The standard InChI is InChI=1S/C9H9FO4/c1-14-8(9(12)13)7-5(10)3-2-4-6(7)11/h2-4,8,11H,1H3,(H,12,13). The van der Waals surface area contributed by atoms with Crippen LogP contribution >= 0.6 is 0 Å². The highest BCUT2D eigenvalue weighted by Crippen LogP contribution is 2.28. The summed E-state index contributed by atoms with van der Waals surface area (Å²) in [7, 11) is 1.13. The minimum atomic E-state index is -1.49. The summed E-state index contributed by atoms with van der Waals surface area (Å²) in [6.45, 7) is 0. The van der Waals surface area contributed by atoms with Crippen LogP contribution < -0.4 is 0 Å². The quantitative estimate of drug-likeness (QED) is 0.771. The summed E-state index contributed by atoms with van der Waals surface area (Å²) in [6.07, 6.45) is -1.49. The molecule has 0 radical (unpaired) electrons. The van der Waals surface area contributed by atoms with Gasteiger partial charge in [-0.3, -0.25) is 0 Å². The molecular weight excluding hydrogens is 191 g/mol. The van der Waals surface area contributed by atoms with E-state index in [1.165, 1.54) is 12.1 Å². The second-order valence-corrected chi connectivity index (χ2v) is 2.63. The molecule has 0 saturated carbocycles. The zero-order valence-corrected chi connectivity index (χ0v) is 7.40. The van der Waals surface area contributed by atoms with Crippen molar-refractivity contribution < 1.29 is 24.1 Å². The van der Waals surface area contributed by atoms with E-state index in [9.17, 15) is 14.3 Å². The molecule has 0 fully saturated rings. The highest BCUT2D eigenvalue weighted by molar-refractivity contribution is 5.75. The number of carboxylic acid groups (broad SMARTS) is 1. The molecule has 0 aliphatic rings. The van der Waals surface area contributed by atoms with Crippen molar-refractivity contribution in [1.82, 2.24) is 0 Å². The van der Waals surface area contributed by atoms with Crippen LogP contribution in [-0.2, 0) is 9.53 Å². The Bertz CT molecular complexity index is 330. The Morgan fingerprint density at radius 2 is 2.21 bits per heavy atom. The van der Waals surface area contributed by atoms with Crippen molar-refractivity contribution in [1.29, 1.82) is 0 Å². The van der Waals surface area contributed by atoms with Gasteiger partial charge in [0.05, 0.1) is 5.56 Å². The maximum atomic E-state index is 13.1. The molecule has 0 aromatic heterocycles. The second-order valence-electron chi connectivity index (χ2n) is 2.63. The number of aromatic hydroxyl groups is 1. The Morgan fingerprint density at radius 1 is 1.57 bits per heavy atom. The van der Waals surface area contributed by atoms with Gasteiger partial charge in [-0.25, -0.2) is 9.18 Å². The highest BCUT2D eigenvalue weighted by Gasteiger charge is 2.25. The second kappa shape index (κ2) is 4.06. The van der Waals surface area contributed by atoms with E-state index in [1.807, 2.05) is 0 Å². The third-order valence-electron chi connectivity index (χ3n) is 1.75. The summed E-state index contributed by atoms with van der Waals surface area (Å²) < 4.78 is 17.7. The van der Waals surface area contributed by atoms with E-state index in [-0.39, 0.29) is 5.56 Å². The molecule has 0 heterocycles. The van der Waals surface area contributed by atoms with Crippen LogP contribution in [0.1, 0.15) is 11.7 Å². The molecular formula is C9H9FO4. The molecule has 2 N–H and O–H groups in total. The SMILES string of the molecule is COC(C(=O)O)c1c(O)cccc1F. The van der Waals surface area contributed by atoms with Crippen LogP contribution in [0.4, 0.5) is 4.39 Å². The third kappa shape index (κ3) is 1.82. The van der Waals surface area contributed by atoms with Gasteiger partial charge in [-0.2, -0.15) is 0 Å². The van der Waals surface area contributed by atoms with E-state index in [1.54, 1.807) is 0 Å². The number of benzene rings is 1. The zero-order valence-electron chi connectivity index (χ0n) is 7.40. The molecule has 1 unspecified atom stereocenters. The van der Waals surface area contributed by atoms with Crippen LogP contribution in [0, 0.1) is 5.82 Å². The molecule has 5 heteroatoms. The van der Waals surface area contributed by atoms with Gasteiger partial charge in [-0.15, -0.1) is 0 Å². The van der Waals surface area contributed by atoms with Gasteiger partial charge in [0.1, 0.15) is 11.6 Å². The number of hydrogen-bond acceptors (Lipinski definition) is 3. The minimum Gasteiger partial charge on any atom is -0.507 e. The maximum Gasteiger partial charge on any atom is 0.337 e. The number of methoxy groups -OCH3 is 1. The number of phenols is 1. The average molecular weight is 200 g/mol. The Labute approximate surface area is 79.6 Å². The van der Waals surface area contributed by atoms with Gasteiger partial charge in [0.25, 0.3) is 0 Å². The predicted octanol–water partition coefficient (Wildman–Crippen LogP) is 1.30. The Morgan fingerprint density at radius 3 is 2.64 bits per heavy atom. The zero-order chi connectivity index (χ0) is 10.7. The molecule has 0 aliphatic carbocycles. The topological polar surface area (TPSA) is 66.8 Å². The molecule has 1 aromatic carbocycles. The third-order valence-corrected chi connectivity index (χ3v) is 1.75. The van der Waals surface area contributed by atoms with Crippen molar-refractivity contribution >= 4 is 5.97 Å². The molecule has 4 nitrogen and oxygen atoms in total. The van der Waals surface area contributed by atoms with Crippen LogP contribution in [-0.4, -0.2) is 23.3 Å². The van der Waals surface area contributed by atoms with E-state index in [4.69, 9.17) is 5.11 Å². The monoisotopic (exact) mass is 200 g/mol. The summed E-state index contributed by atoms with van der Waals surface area (Å²) in [5, 5.41) is 17.9. The molecule has 1 atom stereocenters. The smallest absolute Gasteiger partial charge is 0.337 e. The first kappa shape index (κ1) is 10.5. The van der Waals surface area contributed by atoms with Gasteiger partial charge in [0, 0.05) is 7.11 Å². The van der Waals surface area contributed by atoms with Gasteiger partial charge in [-0.1, -0.05) is 6.07 Å².